The fraction of sp³-hybridized carbons (Fsp3) is 0.125. The van der Waals surface area contributed by atoms with Crippen molar-refractivity contribution in [3.05, 3.63) is 64.9 Å². The van der Waals surface area contributed by atoms with E-state index in [1.165, 1.54) is 12.1 Å². The van der Waals surface area contributed by atoms with Gasteiger partial charge in [-0.05, 0) is 29.8 Å². The second kappa shape index (κ2) is 7.20. The van der Waals surface area contributed by atoms with Gasteiger partial charge in [-0.15, -0.1) is 5.10 Å². The van der Waals surface area contributed by atoms with Crippen LogP contribution in [0, 0.1) is 0 Å². The van der Waals surface area contributed by atoms with Gasteiger partial charge in [0.1, 0.15) is 11.3 Å². The van der Waals surface area contributed by atoms with Crippen molar-refractivity contribution in [2.75, 3.05) is 0 Å². The molecule has 0 saturated heterocycles. The zero-order valence-electron chi connectivity index (χ0n) is 13.4. The number of fused-ring (bicyclic) bond motifs is 1. The lowest BCUT2D eigenvalue weighted by Crippen LogP contribution is -2.25. The summed E-state index contributed by atoms with van der Waals surface area (Å²) < 4.78 is 66.6. The van der Waals surface area contributed by atoms with Gasteiger partial charge in [0.25, 0.3) is 0 Å². The lowest BCUT2D eigenvalue weighted by Gasteiger charge is -2.13. The van der Waals surface area contributed by atoms with E-state index in [9.17, 15) is 21.6 Å². The van der Waals surface area contributed by atoms with Gasteiger partial charge in [0.2, 0.25) is 0 Å². The third kappa shape index (κ3) is 4.40. The molecule has 0 saturated carbocycles. The highest BCUT2D eigenvalue weighted by molar-refractivity contribution is 7.87. The first-order chi connectivity index (χ1) is 12.7. The summed E-state index contributed by atoms with van der Waals surface area (Å²) in [6, 6.07) is 12.8. The van der Waals surface area contributed by atoms with Crippen LogP contribution in [-0.4, -0.2) is 28.9 Å². The molecule has 0 fully saturated rings. The Kier molecular flexibility index (Phi) is 5.11. The number of benzene rings is 2. The minimum Gasteiger partial charge on any atom is -0.379 e. The predicted octanol–water partition coefficient (Wildman–Crippen LogP) is 3.99. The van der Waals surface area contributed by atoms with Crippen LogP contribution in [0.3, 0.4) is 0 Å². The second-order valence-corrected chi connectivity index (χ2v) is 7.38. The lowest BCUT2D eigenvalue weighted by molar-refractivity contribution is -0.0522. The average molecular weight is 418 g/mol. The number of halogens is 4. The van der Waals surface area contributed by atoms with Crippen LogP contribution in [0.15, 0.2) is 54.3 Å². The van der Waals surface area contributed by atoms with Gasteiger partial charge in [-0.2, -0.15) is 21.6 Å². The molecule has 0 bridgehead atoms. The molecular weight excluding hydrogens is 407 g/mol. The van der Waals surface area contributed by atoms with E-state index in [2.05, 4.69) is 14.5 Å². The Labute approximate surface area is 156 Å². The SMILES string of the molecule is O=S(=O)(O/C(=C\n1nnc2ccccc21)Cc1ccc(Cl)cc1)C(F)(F)F. The highest BCUT2D eigenvalue weighted by Gasteiger charge is 2.48. The second-order valence-electron chi connectivity index (χ2n) is 5.40. The number of para-hydroxylation sites is 1. The van der Waals surface area contributed by atoms with Crippen molar-refractivity contribution in [3.8, 4) is 0 Å². The summed E-state index contributed by atoms with van der Waals surface area (Å²) in [5.41, 5.74) is -4.11. The Morgan fingerprint density at radius 2 is 1.81 bits per heavy atom. The van der Waals surface area contributed by atoms with Crippen LogP contribution in [0.2, 0.25) is 5.02 Å². The summed E-state index contributed by atoms with van der Waals surface area (Å²) in [6.45, 7) is 0. The van der Waals surface area contributed by atoms with E-state index < -0.39 is 21.4 Å². The topological polar surface area (TPSA) is 74.1 Å². The minimum absolute atomic E-state index is 0.235. The van der Waals surface area contributed by atoms with Crippen molar-refractivity contribution < 1.29 is 25.8 Å². The fourth-order valence-electron chi connectivity index (χ4n) is 2.21. The highest BCUT2D eigenvalue weighted by Crippen LogP contribution is 2.28. The molecule has 3 aromatic rings. The van der Waals surface area contributed by atoms with E-state index in [1.807, 2.05) is 0 Å². The van der Waals surface area contributed by atoms with Gasteiger partial charge in [0, 0.05) is 11.4 Å². The van der Waals surface area contributed by atoms with E-state index in [4.69, 9.17) is 11.6 Å². The molecule has 0 radical (unpaired) electrons. The third-order valence-electron chi connectivity index (χ3n) is 3.44. The minimum atomic E-state index is -5.84. The molecule has 11 heteroatoms. The van der Waals surface area contributed by atoms with Crippen molar-refractivity contribution in [1.29, 1.82) is 0 Å². The smallest absolute Gasteiger partial charge is 0.379 e. The molecule has 0 amide bonds. The lowest BCUT2D eigenvalue weighted by atomic mass is 10.1. The van der Waals surface area contributed by atoms with Crippen molar-refractivity contribution in [3.63, 3.8) is 0 Å². The molecule has 2 aromatic carbocycles. The normalized spacial score (nSPS) is 13.1. The van der Waals surface area contributed by atoms with Gasteiger partial charge in [0.15, 0.2) is 0 Å². The Bertz CT molecular complexity index is 1090. The maximum Gasteiger partial charge on any atom is 0.534 e. The average Bonchev–Trinajstić information content (AvgIpc) is 2.99. The first-order valence-corrected chi connectivity index (χ1v) is 9.20. The molecular formula is C16H11ClF3N3O3S. The Morgan fingerprint density at radius 3 is 2.48 bits per heavy atom. The molecule has 0 spiro atoms. The van der Waals surface area contributed by atoms with Gasteiger partial charge >= 0.3 is 15.6 Å². The van der Waals surface area contributed by atoms with Gasteiger partial charge in [0.05, 0.1) is 11.7 Å². The van der Waals surface area contributed by atoms with Crippen LogP contribution in [0.4, 0.5) is 13.2 Å². The Balaban J connectivity index is 2.02. The highest BCUT2D eigenvalue weighted by atomic mass is 35.5. The zero-order valence-corrected chi connectivity index (χ0v) is 15.0. The summed E-state index contributed by atoms with van der Waals surface area (Å²) in [4.78, 5) is 0. The number of hydrogen-bond donors (Lipinski definition) is 0. The van der Waals surface area contributed by atoms with Crippen LogP contribution in [0.1, 0.15) is 5.56 Å². The van der Waals surface area contributed by atoms with Crippen LogP contribution in [-0.2, 0) is 20.7 Å². The van der Waals surface area contributed by atoms with Crippen molar-refractivity contribution in [2.24, 2.45) is 0 Å². The number of alkyl halides is 3. The third-order valence-corrected chi connectivity index (χ3v) is 4.69. The van der Waals surface area contributed by atoms with Crippen LogP contribution in [0.5, 0.6) is 0 Å². The van der Waals surface area contributed by atoms with Gasteiger partial charge in [-0.3, -0.25) is 0 Å². The molecule has 1 heterocycles. The van der Waals surface area contributed by atoms with Crippen molar-refractivity contribution in [1.82, 2.24) is 15.0 Å². The molecule has 0 aliphatic rings. The van der Waals surface area contributed by atoms with Gasteiger partial charge in [-0.25, -0.2) is 4.68 Å². The van der Waals surface area contributed by atoms with Crippen molar-refractivity contribution >= 4 is 39.0 Å². The van der Waals surface area contributed by atoms with E-state index in [-0.39, 0.29) is 6.42 Å². The summed E-state index contributed by atoms with van der Waals surface area (Å²) in [5, 5.41) is 8.08. The first-order valence-electron chi connectivity index (χ1n) is 7.41. The van der Waals surface area contributed by atoms with Crippen LogP contribution >= 0.6 is 11.6 Å². The molecule has 0 N–H and O–H groups in total. The molecule has 3 rings (SSSR count). The largest absolute Gasteiger partial charge is 0.534 e. The molecule has 27 heavy (non-hydrogen) atoms. The van der Waals surface area contributed by atoms with E-state index in [1.54, 1.807) is 36.4 Å². The Hall–Kier alpha value is -2.59. The van der Waals surface area contributed by atoms with E-state index >= 15 is 0 Å². The van der Waals surface area contributed by atoms with Crippen LogP contribution in [0.25, 0.3) is 17.2 Å². The van der Waals surface area contributed by atoms with Crippen molar-refractivity contribution in [2.45, 2.75) is 11.9 Å². The first kappa shape index (κ1) is 19.2. The molecule has 1 aromatic heterocycles. The van der Waals surface area contributed by atoms with Gasteiger partial charge in [-0.1, -0.05) is 41.1 Å². The summed E-state index contributed by atoms with van der Waals surface area (Å²) in [6.07, 6.45) is 0.813. The fourth-order valence-corrected chi connectivity index (χ4v) is 2.81. The number of rotatable bonds is 5. The quantitative estimate of drug-likeness (QED) is 0.356. The summed E-state index contributed by atoms with van der Waals surface area (Å²) in [7, 11) is -5.84. The Morgan fingerprint density at radius 1 is 1.15 bits per heavy atom. The number of nitrogens with zero attached hydrogens (tertiary/aromatic N) is 3. The number of hydrogen-bond acceptors (Lipinski definition) is 5. The van der Waals surface area contributed by atoms with E-state index in [0.29, 0.717) is 21.6 Å². The van der Waals surface area contributed by atoms with Gasteiger partial charge < -0.3 is 4.18 Å². The number of aromatic nitrogens is 3. The standard InChI is InChI=1S/C16H11ClF3N3O3S/c17-12-7-5-11(6-8-12)9-13(26-27(24,25)16(18,19)20)10-23-15-4-2-1-3-14(15)21-22-23/h1-8,10H,9H2/b13-10-. The van der Waals surface area contributed by atoms with Crippen LogP contribution < -0.4 is 0 Å². The molecule has 0 unspecified atom stereocenters. The molecule has 6 nitrogen and oxygen atoms in total. The summed E-state index contributed by atoms with van der Waals surface area (Å²) in [5.74, 6) is -0.481. The monoisotopic (exact) mass is 417 g/mol. The molecule has 0 aliphatic heterocycles. The molecule has 142 valence electrons. The molecule has 0 atom stereocenters. The maximum absolute atomic E-state index is 12.7. The van der Waals surface area contributed by atoms with E-state index in [0.717, 1.165) is 10.9 Å². The zero-order chi connectivity index (χ0) is 19.7. The molecule has 0 aliphatic carbocycles. The summed E-state index contributed by atoms with van der Waals surface area (Å²) >= 11 is 5.78. The number of allylic oxidation sites excluding steroid dienone is 1. The predicted molar refractivity (Wildman–Crippen MR) is 93.0 cm³/mol. The maximum atomic E-state index is 12.7.